The quantitative estimate of drug-likeness (QED) is 0.895. The normalized spacial score (nSPS) is 24.1. The van der Waals surface area contributed by atoms with Crippen LogP contribution in [0.1, 0.15) is 24.1 Å². The first-order valence-electron chi connectivity index (χ1n) is 5.83. The predicted octanol–water partition coefficient (Wildman–Crippen LogP) is 2.58. The van der Waals surface area contributed by atoms with Crippen LogP contribution in [0.2, 0.25) is 4.34 Å². The van der Waals surface area contributed by atoms with Gasteiger partial charge in [-0.3, -0.25) is 4.79 Å². The van der Waals surface area contributed by atoms with Gasteiger partial charge in [0.25, 0.3) is 0 Å². The Bertz CT molecular complexity index is 497. The van der Waals surface area contributed by atoms with E-state index in [0.29, 0.717) is 16.5 Å². The fraction of sp³-hybridized carbons (Fsp3) is 0.500. The van der Waals surface area contributed by atoms with Crippen LogP contribution >= 0.6 is 34.7 Å². The number of rotatable bonds is 4. The fourth-order valence-corrected chi connectivity index (χ4v) is 4.36. The van der Waals surface area contributed by atoms with Gasteiger partial charge < -0.3 is 10.4 Å². The van der Waals surface area contributed by atoms with Crippen LogP contribution in [0.4, 0.5) is 0 Å². The first-order valence-corrected chi connectivity index (χ1v) is 8.18. The first kappa shape index (κ1) is 14.7. The lowest BCUT2D eigenvalue weighted by molar-refractivity contribution is -0.146. The summed E-state index contributed by atoms with van der Waals surface area (Å²) in [7, 11) is 0. The van der Waals surface area contributed by atoms with E-state index in [-0.39, 0.29) is 11.8 Å². The van der Waals surface area contributed by atoms with Crippen molar-refractivity contribution in [2.24, 2.45) is 0 Å². The molecular formula is C12H14ClNO3S2. The van der Waals surface area contributed by atoms with Crippen molar-refractivity contribution in [1.29, 1.82) is 0 Å². The van der Waals surface area contributed by atoms with Crippen molar-refractivity contribution in [2.75, 3.05) is 11.5 Å². The summed E-state index contributed by atoms with van der Waals surface area (Å²) in [6.07, 6.45) is 0.469. The Morgan fingerprint density at radius 2 is 2.26 bits per heavy atom. The van der Waals surface area contributed by atoms with Crippen LogP contribution in [0.3, 0.4) is 0 Å². The standard InChI is InChI=1S/C12H14ClNO3S2/c1-7(8-2-3-9(13)19-8)10(15)14-12(11(16)17)4-5-18-6-12/h2-3,7H,4-6H2,1H3,(H,14,15)(H,16,17). The number of carboxylic acid groups (broad SMARTS) is 1. The maximum absolute atomic E-state index is 12.2. The summed E-state index contributed by atoms with van der Waals surface area (Å²) in [5.74, 6) is -0.428. The molecule has 1 saturated heterocycles. The maximum Gasteiger partial charge on any atom is 0.330 e. The highest BCUT2D eigenvalue weighted by Gasteiger charge is 2.44. The number of aliphatic carboxylic acids is 1. The van der Waals surface area contributed by atoms with Crippen molar-refractivity contribution in [2.45, 2.75) is 24.8 Å². The van der Waals surface area contributed by atoms with Crippen LogP contribution in [-0.2, 0) is 9.59 Å². The van der Waals surface area contributed by atoms with Crippen molar-refractivity contribution in [3.8, 4) is 0 Å². The molecule has 1 aromatic heterocycles. The van der Waals surface area contributed by atoms with E-state index in [1.807, 2.05) is 0 Å². The summed E-state index contributed by atoms with van der Waals surface area (Å²) < 4.78 is 0.624. The zero-order valence-corrected chi connectivity index (χ0v) is 12.7. The van der Waals surface area contributed by atoms with Crippen LogP contribution in [0.5, 0.6) is 0 Å². The van der Waals surface area contributed by atoms with Gasteiger partial charge in [-0.05, 0) is 31.2 Å². The third-order valence-electron chi connectivity index (χ3n) is 3.21. The third-order valence-corrected chi connectivity index (χ3v) is 5.81. The molecule has 1 aromatic rings. The van der Waals surface area contributed by atoms with Crippen LogP contribution in [0.15, 0.2) is 12.1 Å². The van der Waals surface area contributed by atoms with Gasteiger partial charge in [0.2, 0.25) is 5.91 Å². The molecule has 0 aromatic carbocycles. The highest BCUT2D eigenvalue weighted by molar-refractivity contribution is 7.99. The highest BCUT2D eigenvalue weighted by Crippen LogP contribution is 2.31. The highest BCUT2D eigenvalue weighted by atomic mass is 35.5. The molecule has 0 spiro atoms. The molecule has 2 rings (SSSR count). The molecule has 2 heterocycles. The fourth-order valence-electron chi connectivity index (χ4n) is 1.92. The molecule has 2 N–H and O–H groups in total. The Labute approximate surface area is 124 Å². The number of halogens is 1. The molecular weight excluding hydrogens is 306 g/mol. The van der Waals surface area contributed by atoms with E-state index in [4.69, 9.17) is 11.6 Å². The molecule has 0 aliphatic carbocycles. The van der Waals surface area contributed by atoms with E-state index in [1.54, 1.807) is 30.8 Å². The summed E-state index contributed by atoms with van der Waals surface area (Å²) in [5.41, 5.74) is -1.11. The van der Waals surface area contributed by atoms with Crippen molar-refractivity contribution < 1.29 is 14.7 Å². The van der Waals surface area contributed by atoms with E-state index in [2.05, 4.69) is 5.32 Å². The summed E-state index contributed by atoms with van der Waals surface area (Å²) in [6.45, 7) is 1.76. The summed E-state index contributed by atoms with van der Waals surface area (Å²) >= 11 is 8.74. The van der Waals surface area contributed by atoms with Gasteiger partial charge in [-0.2, -0.15) is 11.8 Å². The van der Waals surface area contributed by atoms with Gasteiger partial charge in [0.15, 0.2) is 0 Å². The van der Waals surface area contributed by atoms with Crippen molar-refractivity contribution in [3.05, 3.63) is 21.3 Å². The molecule has 1 amide bonds. The van der Waals surface area contributed by atoms with Crippen molar-refractivity contribution in [3.63, 3.8) is 0 Å². The Hall–Kier alpha value is -0.720. The third kappa shape index (κ3) is 3.07. The number of nitrogens with one attached hydrogen (secondary N) is 1. The smallest absolute Gasteiger partial charge is 0.330 e. The number of carbonyl (C=O) groups excluding carboxylic acids is 1. The lowest BCUT2D eigenvalue weighted by Gasteiger charge is -2.26. The number of thiophene rings is 1. The molecule has 7 heteroatoms. The van der Waals surface area contributed by atoms with Crippen LogP contribution in [0.25, 0.3) is 0 Å². The van der Waals surface area contributed by atoms with Crippen molar-refractivity contribution >= 4 is 46.6 Å². The SMILES string of the molecule is CC(C(=O)NC1(C(=O)O)CCSC1)c1ccc(Cl)s1. The van der Waals surface area contributed by atoms with Gasteiger partial charge in [0.05, 0.1) is 10.3 Å². The van der Waals surface area contributed by atoms with E-state index in [9.17, 15) is 14.7 Å². The second-order valence-electron chi connectivity index (χ2n) is 4.54. The van der Waals surface area contributed by atoms with Gasteiger partial charge in [0.1, 0.15) is 5.54 Å². The zero-order valence-electron chi connectivity index (χ0n) is 10.3. The Kier molecular flexibility index (Phi) is 4.43. The molecule has 1 fully saturated rings. The monoisotopic (exact) mass is 319 g/mol. The zero-order chi connectivity index (χ0) is 14.0. The van der Waals surface area contributed by atoms with Crippen LogP contribution in [-0.4, -0.2) is 34.0 Å². The second kappa shape index (κ2) is 5.73. The molecule has 2 unspecified atom stereocenters. The molecule has 0 saturated carbocycles. The Morgan fingerprint density at radius 3 is 2.74 bits per heavy atom. The lowest BCUT2D eigenvalue weighted by Crippen LogP contribution is -2.55. The minimum absolute atomic E-state index is 0.261. The predicted molar refractivity (Wildman–Crippen MR) is 78.2 cm³/mol. The molecule has 0 radical (unpaired) electrons. The minimum Gasteiger partial charge on any atom is -0.479 e. The minimum atomic E-state index is -1.11. The van der Waals surface area contributed by atoms with Crippen LogP contribution in [0, 0.1) is 0 Å². The lowest BCUT2D eigenvalue weighted by atomic mass is 9.97. The number of carboxylic acids is 1. The van der Waals surface area contributed by atoms with Gasteiger partial charge in [-0.1, -0.05) is 11.6 Å². The number of hydrogen-bond donors (Lipinski definition) is 2. The van der Waals surface area contributed by atoms with Gasteiger partial charge in [0, 0.05) is 10.6 Å². The first-order chi connectivity index (χ1) is 8.94. The van der Waals surface area contributed by atoms with E-state index < -0.39 is 11.5 Å². The van der Waals surface area contributed by atoms with Gasteiger partial charge >= 0.3 is 5.97 Å². The summed E-state index contributed by atoms with van der Waals surface area (Å²) in [4.78, 5) is 24.4. The summed E-state index contributed by atoms with van der Waals surface area (Å²) in [6, 6.07) is 3.54. The topological polar surface area (TPSA) is 66.4 Å². The largest absolute Gasteiger partial charge is 0.479 e. The molecule has 104 valence electrons. The molecule has 19 heavy (non-hydrogen) atoms. The van der Waals surface area contributed by atoms with Crippen LogP contribution < -0.4 is 5.32 Å². The van der Waals surface area contributed by atoms with Crippen molar-refractivity contribution in [1.82, 2.24) is 5.32 Å². The Morgan fingerprint density at radius 1 is 1.53 bits per heavy atom. The summed E-state index contributed by atoms with van der Waals surface area (Å²) in [5, 5.41) is 12.0. The number of amides is 1. The molecule has 4 nitrogen and oxygen atoms in total. The molecule has 1 aliphatic rings. The second-order valence-corrected chi connectivity index (χ2v) is 7.39. The molecule has 0 bridgehead atoms. The number of carbonyl (C=O) groups is 2. The molecule has 2 atom stereocenters. The van der Waals surface area contributed by atoms with E-state index in [1.165, 1.54) is 11.3 Å². The maximum atomic E-state index is 12.2. The van der Waals surface area contributed by atoms with E-state index in [0.717, 1.165) is 10.6 Å². The van der Waals surface area contributed by atoms with E-state index >= 15 is 0 Å². The number of hydrogen-bond acceptors (Lipinski definition) is 4. The molecule has 1 aliphatic heterocycles. The number of thioether (sulfide) groups is 1. The average Bonchev–Trinajstić information content (AvgIpc) is 2.98. The van der Waals surface area contributed by atoms with Gasteiger partial charge in [-0.15, -0.1) is 11.3 Å². The Balaban J connectivity index is 2.09. The average molecular weight is 320 g/mol. The van der Waals surface area contributed by atoms with Gasteiger partial charge in [-0.25, -0.2) is 4.79 Å².